The Balaban J connectivity index is 1.68. The van der Waals surface area contributed by atoms with E-state index < -0.39 is 10.0 Å². The van der Waals surface area contributed by atoms with Crippen LogP contribution in [0.3, 0.4) is 0 Å². The molecule has 5 rings (SSSR count). The first-order valence-electron chi connectivity index (χ1n) is 9.16. The minimum atomic E-state index is -3.16. The molecule has 9 heteroatoms. The zero-order chi connectivity index (χ0) is 19.5. The number of rotatable bonds is 2. The summed E-state index contributed by atoms with van der Waals surface area (Å²) in [5.74, 6) is 0.982. The predicted octanol–water partition coefficient (Wildman–Crippen LogP) is 2.09. The zero-order valence-corrected chi connectivity index (χ0v) is 16.1. The number of aromatic amines is 2. The topological polar surface area (TPSA) is 112 Å². The van der Waals surface area contributed by atoms with Crippen LogP contribution in [0.2, 0.25) is 0 Å². The molecule has 3 aromatic heterocycles. The number of pyridine rings is 2. The molecule has 1 saturated heterocycles. The molecule has 0 bridgehead atoms. The van der Waals surface area contributed by atoms with Gasteiger partial charge in [0.15, 0.2) is 0 Å². The smallest absolute Gasteiger partial charge is 0.258 e. The number of benzene rings is 1. The molecule has 0 saturated carbocycles. The minimum Gasteiger partial charge on any atom is -0.341 e. The van der Waals surface area contributed by atoms with Gasteiger partial charge in [0.25, 0.3) is 5.56 Å². The Morgan fingerprint density at radius 2 is 1.93 bits per heavy atom. The van der Waals surface area contributed by atoms with Gasteiger partial charge in [-0.2, -0.15) is 0 Å². The van der Waals surface area contributed by atoms with Crippen molar-refractivity contribution in [2.45, 2.75) is 18.8 Å². The number of aromatic nitrogens is 4. The van der Waals surface area contributed by atoms with Gasteiger partial charge in [-0.15, -0.1) is 0 Å². The van der Waals surface area contributed by atoms with Gasteiger partial charge in [-0.1, -0.05) is 0 Å². The molecule has 1 aliphatic heterocycles. The van der Waals surface area contributed by atoms with Gasteiger partial charge >= 0.3 is 0 Å². The second-order valence-electron chi connectivity index (χ2n) is 7.28. The average molecular weight is 397 g/mol. The van der Waals surface area contributed by atoms with Gasteiger partial charge in [-0.3, -0.25) is 9.78 Å². The number of piperidine rings is 1. The lowest BCUT2D eigenvalue weighted by atomic mass is 9.97. The van der Waals surface area contributed by atoms with Crippen LogP contribution in [-0.4, -0.2) is 52.0 Å². The number of fused-ring (bicyclic) bond motifs is 6. The van der Waals surface area contributed by atoms with E-state index in [1.165, 1.54) is 10.6 Å². The van der Waals surface area contributed by atoms with E-state index in [4.69, 9.17) is 4.98 Å². The molecular formula is C19H19N5O3S. The molecule has 8 nitrogen and oxygen atoms in total. The van der Waals surface area contributed by atoms with Crippen LogP contribution >= 0.6 is 0 Å². The first kappa shape index (κ1) is 17.3. The summed E-state index contributed by atoms with van der Waals surface area (Å²) in [6.07, 6.45) is 5.97. The molecule has 0 aliphatic carbocycles. The highest BCUT2D eigenvalue weighted by Gasteiger charge is 2.28. The molecule has 0 atom stereocenters. The SMILES string of the molecule is CS(=O)(=O)N1CCC(c2nc3c4cccnc4c4c(=O)[nH]ccc4c3[nH]2)CC1. The van der Waals surface area contributed by atoms with E-state index in [2.05, 4.69) is 15.0 Å². The Morgan fingerprint density at radius 3 is 2.68 bits per heavy atom. The van der Waals surface area contributed by atoms with Gasteiger partial charge in [0.2, 0.25) is 10.0 Å². The maximum atomic E-state index is 12.5. The number of nitrogens with one attached hydrogen (secondary N) is 2. The van der Waals surface area contributed by atoms with E-state index in [1.54, 1.807) is 12.4 Å². The highest BCUT2D eigenvalue weighted by molar-refractivity contribution is 7.88. The summed E-state index contributed by atoms with van der Waals surface area (Å²) in [4.78, 5) is 27.9. The van der Waals surface area contributed by atoms with Gasteiger partial charge in [0.05, 0.1) is 28.2 Å². The van der Waals surface area contributed by atoms with Gasteiger partial charge in [0, 0.05) is 42.2 Å². The number of nitrogens with zero attached hydrogens (tertiary/aromatic N) is 3. The molecule has 4 aromatic rings. The standard InChI is InChI=1S/C19H19N5O3S/c1-28(26,27)24-9-5-11(6-10-24)18-22-16-12-4-8-21-19(25)14(12)15-13(17(16)23-18)3-2-7-20-15/h2-4,7-8,11H,5-6,9-10H2,1H3,(H,21,25)(H,22,23). The van der Waals surface area contributed by atoms with Gasteiger partial charge in [0.1, 0.15) is 5.82 Å². The highest BCUT2D eigenvalue weighted by atomic mass is 32.2. The Labute approximate surface area is 160 Å². The molecule has 28 heavy (non-hydrogen) atoms. The summed E-state index contributed by atoms with van der Waals surface area (Å²) >= 11 is 0. The third-order valence-electron chi connectivity index (χ3n) is 5.56. The van der Waals surface area contributed by atoms with Crippen LogP contribution in [0.25, 0.3) is 32.7 Å². The quantitative estimate of drug-likeness (QED) is 0.503. The minimum absolute atomic E-state index is 0.147. The van der Waals surface area contributed by atoms with Crippen LogP contribution < -0.4 is 5.56 Å². The van der Waals surface area contributed by atoms with Crippen molar-refractivity contribution in [3.05, 3.63) is 46.8 Å². The second kappa shape index (κ2) is 6.11. The van der Waals surface area contributed by atoms with Crippen LogP contribution in [0.15, 0.2) is 35.4 Å². The van der Waals surface area contributed by atoms with Crippen molar-refractivity contribution in [1.82, 2.24) is 24.2 Å². The largest absolute Gasteiger partial charge is 0.341 e. The molecule has 1 aromatic carbocycles. The van der Waals surface area contributed by atoms with Crippen LogP contribution in [0.1, 0.15) is 24.6 Å². The van der Waals surface area contributed by atoms with Gasteiger partial charge < -0.3 is 9.97 Å². The van der Waals surface area contributed by atoms with Crippen molar-refractivity contribution in [3.63, 3.8) is 0 Å². The first-order valence-corrected chi connectivity index (χ1v) is 11.0. The van der Waals surface area contributed by atoms with Crippen molar-refractivity contribution in [2.24, 2.45) is 0 Å². The summed E-state index contributed by atoms with van der Waals surface area (Å²) in [5.41, 5.74) is 2.07. The average Bonchev–Trinajstić information content (AvgIpc) is 3.13. The van der Waals surface area contributed by atoms with Gasteiger partial charge in [-0.25, -0.2) is 17.7 Å². The maximum Gasteiger partial charge on any atom is 0.258 e. The molecule has 0 unspecified atom stereocenters. The van der Waals surface area contributed by atoms with Crippen LogP contribution in [0.5, 0.6) is 0 Å². The van der Waals surface area contributed by atoms with E-state index in [0.29, 0.717) is 36.8 Å². The van der Waals surface area contributed by atoms with Crippen LogP contribution in [0.4, 0.5) is 0 Å². The van der Waals surface area contributed by atoms with Crippen molar-refractivity contribution >= 4 is 42.7 Å². The second-order valence-corrected chi connectivity index (χ2v) is 9.26. The van der Waals surface area contributed by atoms with E-state index in [9.17, 15) is 13.2 Å². The summed E-state index contributed by atoms with van der Waals surface area (Å²) in [6.45, 7) is 0.979. The van der Waals surface area contributed by atoms with E-state index in [0.717, 1.165) is 27.6 Å². The lowest BCUT2D eigenvalue weighted by Crippen LogP contribution is -2.37. The molecule has 4 heterocycles. The van der Waals surface area contributed by atoms with Crippen LogP contribution in [0, 0.1) is 0 Å². The monoisotopic (exact) mass is 397 g/mol. The number of H-pyrrole nitrogens is 2. The summed E-state index contributed by atoms with van der Waals surface area (Å²) < 4.78 is 25.0. The maximum absolute atomic E-state index is 12.5. The fourth-order valence-corrected chi connectivity index (χ4v) is 5.03. The zero-order valence-electron chi connectivity index (χ0n) is 15.3. The fourth-order valence-electron chi connectivity index (χ4n) is 4.15. The van der Waals surface area contributed by atoms with Crippen molar-refractivity contribution in [2.75, 3.05) is 19.3 Å². The van der Waals surface area contributed by atoms with Crippen LogP contribution in [-0.2, 0) is 10.0 Å². The van der Waals surface area contributed by atoms with E-state index in [1.807, 2.05) is 18.2 Å². The normalized spacial score (nSPS) is 17.0. The third kappa shape index (κ3) is 2.61. The molecule has 0 amide bonds. The molecule has 1 aliphatic rings. The molecule has 0 spiro atoms. The highest BCUT2D eigenvalue weighted by Crippen LogP contribution is 2.34. The number of sulfonamides is 1. The summed E-state index contributed by atoms with van der Waals surface area (Å²) in [7, 11) is -3.16. The lowest BCUT2D eigenvalue weighted by Gasteiger charge is -2.29. The number of hydrogen-bond acceptors (Lipinski definition) is 5. The molecule has 1 fully saturated rings. The van der Waals surface area contributed by atoms with Gasteiger partial charge in [-0.05, 0) is 31.0 Å². The first-order chi connectivity index (χ1) is 13.4. The Kier molecular flexibility index (Phi) is 3.78. The number of imidazole rings is 1. The van der Waals surface area contributed by atoms with Crippen molar-refractivity contribution in [3.8, 4) is 0 Å². The molecule has 0 radical (unpaired) electrons. The Bertz CT molecular complexity index is 1380. The van der Waals surface area contributed by atoms with E-state index >= 15 is 0 Å². The Morgan fingerprint density at radius 1 is 1.14 bits per heavy atom. The van der Waals surface area contributed by atoms with E-state index in [-0.39, 0.29) is 11.5 Å². The lowest BCUT2D eigenvalue weighted by molar-refractivity contribution is 0.316. The predicted molar refractivity (Wildman–Crippen MR) is 108 cm³/mol. The molecular weight excluding hydrogens is 378 g/mol. The molecule has 2 N–H and O–H groups in total. The molecule has 144 valence electrons. The number of hydrogen-bond donors (Lipinski definition) is 2. The Hall–Kier alpha value is -2.78. The van der Waals surface area contributed by atoms with Crippen molar-refractivity contribution in [1.29, 1.82) is 0 Å². The third-order valence-corrected chi connectivity index (χ3v) is 6.86. The van der Waals surface area contributed by atoms with Crippen molar-refractivity contribution < 1.29 is 8.42 Å². The summed E-state index contributed by atoms with van der Waals surface area (Å²) in [5, 5.41) is 2.17. The fraction of sp³-hybridized carbons (Fsp3) is 0.316. The summed E-state index contributed by atoms with van der Waals surface area (Å²) in [6, 6.07) is 5.62.